The summed E-state index contributed by atoms with van der Waals surface area (Å²) in [6, 6.07) is 4.44. The molecule has 3 amide bonds. The molecule has 30 heavy (non-hydrogen) atoms. The van der Waals surface area contributed by atoms with Gasteiger partial charge >= 0.3 is 0 Å². The maximum absolute atomic E-state index is 13.5. The molecule has 1 aliphatic heterocycles. The predicted molar refractivity (Wildman–Crippen MR) is 115 cm³/mol. The number of carbonyl (C=O) groups excluding carboxylic acids is 3. The summed E-state index contributed by atoms with van der Waals surface area (Å²) in [7, 11) is 1.56. The van der Waals surface area contributed by atoms with Crippen LogP contribution in [0.15, 0.2) is 30.4 Å². The molecule has 1 aliphatic carbocycles. The van der Waals surface area contributed by atoms with E-state index >= 15 is 0 Å². The number of likely N-dealkylation sites (tertiary alicyclic amines) is 1. The Labute approximate surface area is 177 Å². The Balaban J connectivity index is 2.02. The van der Waals surface area contributed by atoms with E-state index in [2.05, 4.69) is 10.6 Å². The third-order valence-electron chi connectivity index (χ3n) is 6.50. The highest BCUT2D eigenvalue weighted by molar-refractivity contribution is 6.02. The molecule has 1 aromatic rings. The molecule has 3 rings (SSSR count). The van der Waals surface area contributed by atoms with Crippen LogP contribution in [0.2, 0.25) is 0 Å². The van der Waals surface area contributed by atoms with Gasteiger partial charge < -0.3 is 20.6 Å². The highest BCUT2D eigenvalue weighted by Gasteiger charge is 2.57. The highest BCUT2D eigenvalue weighted by Crippen LogP contribution is 2.45. The fraction of sp³-hybridized carbons (Fsp3) is 0.522. The molecule has 0 radical (unpaired) electrons. The molecule has 0 bridgehead atoms. The summed E-state index contributed by atoms with van der Waals surface area (Å²) in [4.78, 5) is 41.0. The number of allylic oxidation sites excluding steroid dienone is 1. The van der Waals surface area contributed by atoms with Gasteiger partial charge in [-0.2, -0.15) is 0 Å². The van der Waals surface area contributed by atoms with Gasteiger partial charge in [0.15, 0.2) is 0 Å². The van der Waals surface area contributed by atoms with E-state index in [1.54, 1.807) is 14.0 Å². The molecule has 7 heteroatoms. The van der Waals surface area contributed by atoms with Gasteiger partial charge in [-0.3, -0.25) is 14.4 Å². The van der Waals surface area contributed by atoms with E-state index in [0.717, 1.165) is 16.8 Å². The van der Waals surface area contributed by atoms with E-state index in [-0.39, 0.29) is 30.2 Å². The number of nitrogens with zero attached hydrogens (tertiary/aromatic N) is 1. The van der Waals surface area contributed by atoms with Gasteiger partial charge in [-0.1, -0.05) is 37.3 Å². The minimum Gasteiger partial charge on any atom is -0.394 e. The molecule has 1 fully saturated rings. The lowest BCUT2D eigenvalue weighted by Gasteiger charge is -2.33. The minimum atomic E-state index is -0.792. The Morgan fingerprint density at radius 1 is 1.17 bits per heavy atom. The smallest absolute Gasteiger partial charge is 0.247 e. The lowest BCUT2D eigenvalue weighted by Crippen LogP contribution is -2.49. The topological polar surface area (TPSA) is 98.7 Å². The van der Waals surface area contributed by atoms with E-state index < -0.39 is 29.8 Å². The summed E-state index contributed by atoms with van der Waals surface area (Å²) in [5.41, 5.74) is 2.59. The molecule has 1 aromatic carbocycles. The number of hydrogen-bond donors (Lipinski definition) is 3. The maximum Gasteiger partial charge on any atom is 0.247 e. The number of benzene rings is 1. The number of para-hydroxylation sites is 1. The first-order valence-corrected chi connectivity index (χ1v) is 10.4. The second-order valence-electron chi connectivity index (χ2n) is 8.47. The van der Waals surface area contributed by atoms with Crippen LogP contribution in [-0.2, 0) is 14.4 Å². The molecule has 0 saturated carbocycles. The van der Waals surface area contributed by atoms with Crippen LogP contribution in [0.3, 0.4) is 0 Å². The van der Waals surface area contributed by atoms with Gasteiger partial charge in [-0.15, -0.1) is 0 Å². The molecule has 162 valence electrons. The zero-order valence-corrected chi connectivity index (χ0v) is 18.2. The second kappa shape index (κ2) is 8.60. The van der Waals surface area contributed by atoms with Crippen LogP contribution in [0.1, 0.15) is 25.0 Å². The number of nitrogens with one attached hydrogen (secondary N) is 2. The largest absolute Gasteiger partial charge is 0.394 e. The molecule has 7 nitrogen and oxygen atoms in total. The number of aryl methyl sites for hydroxylation is 2. The molecule has 3 N–H and O–H groups in total. The Bertz CT molecular complexity index is 861. The van der Waals surface area contributed by atoms with Crippen molar-refractivity contribution in [2.45, 2.75) is 39.8 Å². The van der Waals surface area contributed by atoms with Crippen molar-refractivity contribution in [3.63, 3.8) is 0 Å². The molecular weight excluding hydrogens is 382 g/mol. The molecule has 0 aromatic heterocycles. The van der Waals surface area contributed by atoms with Crippen molar-refractivity contribution < 1.29 is 19.5 Å². The molecule has 6 atom stereocenters. The molecule has 0 spiro atoms. The normalized spacial score (nSPS) is 28.8. The Hall–Kier alpha value is -2.67. The Morgan fingerprint density at radius 3 is 2.37 bits per heavy atom. The number of rotatable bonds is 5. The lowest BCUT2D eigenvalue weighted by atomic mass is 9.70. The SMILES string of the molecule is CNC(=O)[C@H]1[C@@H]2C(=O)N([C@H](C)CO)[C@H](C(=O)Nc3c(C)cccc3C)[C@H]2C=C[C@H]1C. The van der Waals surface area contributed by atoms with Crippen LogP contribution in [0.25, 0.3) is 0 Å². The molecule has 1 saturated heterocycles. The first-order chi connectivity index (χ1) is 14.2. The number of anilines is 1. The summed E-state index contributed by atoms with van der Waals surface area (Å²) in [5.74, 6) is -2.51. The monoisotopic (exact) mass is 413 g/mol. The lowest BCUT2D eigenvalue weighted by molar-refractivity contribution is -0.142. The van der Waals surface area contributed by atoms with Gasteiger partial charge in [0, 0.05) is 18.7 Å². The molecule has 1 heterocycles. The number of aliphatic hydroxyl groups excluding tert-OH is 1. The van der Waals surface area contributed by atoms with Gasteiger partial charge in [0.2, 0.25) is 17.7 Å². The summed E-state index contributed by atoms with van der Waals surface area (Å²) in [5, 5.41) is 15.4. The van der Waals surface area contributed by atoms with Crippen molar-refractivity contribution in [2.24, 2.45) is 23.7 Å². The highest BCUT2D eigenvalue weighted by atomic mass is 16.3. The quantitative estimate of drug-likeness (QED) is 0.639. The van der Waals surface area contributed by atoms with Gasteiger partial charge in [-0.25, -0.2) is 0 Å². The van der Waals surface area contributed by atoms with Crippen LogP contribution in [0.4, 0.5) is 5.69 Å². The zero-order chi connectivity index (χ0) is 22.2. The molecule has 0 unspecified atom stereocenters. The van der Waals surface area contributed by atoms with Crippen molar-refractivity contribution >= 4 is 23.4 Å². The van der Waals surface area contributed by atoms with E-state index in [1.807, 2.05) is 51.1 Å². The number of carbonyl (C=O) groups is 3. The van der Waals surface area contributed by atoms with E-state index in [9.17, 15) is 19.5 Å². The Morgan fingerprint density at radius 2 is 1.80 bits per heavy atom. The average molecular weight is 414 g/mol. The fourth-order valence-electron chi connectivity index (χ4n) is 4.88. The van der Waals surface area contributed by atoms with Crippen molar-refractivity contribution in [1.29, 1.82) is 0 Å². The van der Waals surface area contributed by atoms with Crippen molar-refractivity contribution in [3.05, 3.63) is 41.5 Å². The predicted octanol–water partition coefficient (Wildman–Crippen LogP) is 1.63. The van der Waals surface area contributed by atoms with E-state index in [0.29, 0.717) is 0 Å². The first kappa shape index (κ1) is 22.0. The number of fused-ring (bicyclic) bond motifs is 1. The zero-order valence-electron chi connectivity index (χ0n) is 18.2. The van der Waals surface area contributed by atoms with Crippen molar-refractivity contribution in [3.8, 4) is 0 Å². The third-order valence-corrected chi connectivity index (χ3v) is 6.50. The fourth-order valence-corrected chi connectivity index (χ4v) is 4.88. The second-order valence-corrected chi connectivity index (χ2v) is 8.47. The summed E-state index contributed by atoms with van der Waals surface area (Å²) < 4.78 is 0. The summed E-state index contributed by atoms with van der Waals surface area (Å²) in [6.07, 6.45) is 3.81. The number of amides is 3. The van der Waals surface area contributed by atoms with E-state index in [4.69, 9.17) is 0 Å². The Kier molecular flexibility index (Phi) is 6.31. The van der Waals surface area contributed by atoms with Gasteiger partial charge in [-0.05, 0) is 37.8 Å². The van der Waals surface area contributed by atoms with Crippen LogP contribution >= 0.6 is 0 Å². The standard InChI is InChI=1S/C23H31N3O4/c1-12-9-10-16-18(17(12)21(28)24-5)23(30)26(15(4)11-27)20(16)22(29)25-19-13(2)7-6-8-14(19)3/h6-10,12,15-18,20,27H,11H2,1-5H3,(H,24,28)(H,25,29)/t12-,15-,16+,17-,18-,20+/m1/s1. The number of aliphatic hydroxyl groups is 1. The van der Waals surface area contributed by atoms with Crippen LogP contribution in [0, 0.1) is 37.5 Å². The van der Waals surface area contributed by atoms with Crippen LogP contribution < -0.4 is 10.6 Å². The van der Waals surface area contributed by atoms with E-state index in [1.165, 1.54) is 4.90 Å². The summed E-state index contributed by atoms with van der Waals surface area (Å²) >= 11 is 0. The van der Waals surface area contributed by atoms with Crippen molar-refractivity contribution in [2.75, 3.05) is 19.0 Å². The van der Waals surface area contributed by atoms with Gasteiger partial charge in [0.25, 0.3) is 0 Å². The average Bonchev–Trinajstić information content (AvgIpc) is 3.02. The first-order valence-electron chi connectivity index (χ1n) is 10.4. The van der Waals surface area contributed by atoms with Crippen LogP contribution in [-0.4, -0.2) is 53.5 Å². The summed E-state index contributed by atoms with van der Waals surface area (Å²) in [6.45, 7) is 7.20. The molecule has 2 aliphatic rings. The molecular formula is C23H31N3O4. The minimum absolute atomic E-state index is 0.123. The van der Waals surface area contributed by atoms with Gasteiger partial charge in [0.05, 0.1) is 24.5 Å². The number of hydrogen-bond acceptors (Lipinski definition) is 4. The van der Waals surface area contributed by atoms with Crippen LogP contribution in [0.5, 0.6) is 0 Å². The van der Waals surface area contributed by atoms with Gasteiger partial charge in [0.1, 0.15) is 6.04 Å². The maximum atomic E-state index is 13.5. The van der Waals surface area contributed by atoms with Crippen molar-refractivity contribution in [1.82, 2.24) is 10.2 Å². The third kappa shape index (κ3) is 3.62.